The van der Waals surface area contributed by atoms with Gasteiger partial charge in [-0.2, -0.15) is 11.3 Å². The van der Waals surface area contributed by atoms with Gasteiger partial charge in [-0.25, -0.2) is 9.48 Å². The average Bonchev–Trinajstić information content (AvgIpc) is 3.17. The zero-order valence-corrected chi connectivity index (χ0v) is 12.2. The maximum atomic E-state index is 11.7. The van der Waals surface area contributed by atoms with Gasteiger partial charge in [0.15, 0.2) is 0 Å². The molecule has 1 fully saturated rings. The maximum absolute atomic E-state index is 11.7. The van der Waals surface area contributed by atoms with Crippen LogP contribution in [0.25, 0.3) is 5.69 Å². The Kier molecular flexibility index (Phi) is 4.46. The normalized spacial score (nSPS) is 15.8. The van der Waals surface area contributed by atoms with E-state index in [-0.39, 0.29) is 6.10 Å². The minimum absolute atomic E-state index is 0.0553. The Morgan fingerprint density at radius 1 is 1.52 bits per heavy atom. The minimum atomic E-state index is -0.424. The van der Waals surface area contributed by atoms with Crippen molar-refractivity contribution in [2.45, 2.75) is 25.5 Å². The van der Waals surface area contributed by atoms with Gasteiger partial charge in [-0.05, 0) is 11.4 Å². The Labute approximate surface area is 125 Å². The molecule has 1 aliphatic rings. The standard InChI is InChI=1S/C13H16N4O3S/c18-13(20-12-1-4-19-5-2-12)14-7-10-8-17(16-15-10)11-3-6-21-9-11/h3,6,8-9,12H,1-2,4-5,7H2,(H,14,18). The molecule has 1 N–H and O–H groups in total. The first-order valence-electron chi connectivity index (χ1n) is 6.77. The van der Waals surface area contributed by atoms with E-state index in [1.165, 1.54) is 0 Å². The minimum Gasteiger partial charge on any atom is -0.446 e. The van der Waals surface area contributed by atoms with Crippen LogP contribution in [0.15, 0.2) is 23.0 Å². The molecule has 112 valence electrons. The van der Waals surface area contributed by atoms with Crippen molar-refractivity contribution in [2.75, 3.05) is 13.2 Å². The Balaban J connectivity index is 1.47. The number of rotatable bonds is 4. The quantitative estimate of drug-likeness (QED) is 0.930. The van der Waals surface area contributed by atoms with Crippen LogP contribution in [-0.2, 0) is 16.0 Å². The molecule has 0 bridgehead atoms. The summed E-state index contributed by atoms with van der Waals surface area (Å²) < 4.78 is 12.2. The van der Waals surface area contributed by atoms with Crippen molar-refractivity contribution < 1.29 is 14.3 Å². The van der Waals surface area contributed by atoms with Crippen LogP contribution < -0.4 is 5.32 Å². The zero-order chi connectivity index (χ0) is 14.5. The van der Waals surface area contributed by atoms with E-state index in [4.69, 9.17) is 9.47 Å². The van der Waals surface area contributed by atoms with E-state index in [9.17, 15) is 4.79 Å². The Bertz CT molecular complexity index is 578. The van der Waals surface area contributed by atoms with E-state index in [1.807, 2.05) is 16.8 Å². The monoisotopic (exact) mass is 308 g/mol. The van der Waals surface area contributed by atoms with Gasteiger partial charge in [0.2, 0.25) is 0 Å². The van der Waals surface area contributed by atoms with Crippen LogP contribution >= 0.6 is 11.3 Å². The van der Waals surface area contributed by atoms with Gasteiger partial charge in [-0.15, -0.1) is 5.10 Å². The second-order valence-corrected chi connectivity index (χ2v) is 5.49. The third kappa shape index (κ3) is 3.79. The molecule has 0 spiro atoms. The van der Waals surface area contributed by atoms with E-state index in [0.29, 0.717) is 25.5 Å². The molecule has 0 radical (unpaired) electrons. The summed E-state index contributed by atoms with van der Waals surface area (Å²) in [7, 11) is 0. The number of hydrogen-bond acceptors (Lipinski definition) is 6. The van der Waals surface area contributed by atoms with Crippen molar-refractivity contribution in [3.63, 3.8) is 0 Å². The lowest BCUT2D eigenvalue weighted by atomic mass is 10.2. The highest BCUT2D eigenvalue weighted by molar-refractivity contribution is 7.08. The van der Waals surface area contributed by atoms with Crippen molar-refractivity contribution in [3.8, 4) is 5.69 Å². The Morgan fingerprint density at radius 2 is 2.38 bits per heavy atom. The molecule has 7 nitrogen and oxygen atoms in total. The summed E-state index contributed by atoms with van der Waals surface area (Å²) in [5, 5.41) is 14.7. The molecule has 2 aromatic heterocycles. The van der Waals surface area contributed by atoms with Gasteiger partial charge in [0.05, 0.1) is 31.6 Å². The van der Waals surface area contributed by atoms with Gasteiger partial charge in [0.1, 0.15) is 11.8 Å². The van der Waals surface area contributed by atoms with Gasteiger partial charge in [-0.1, -0.05) is 5.21 Å². The first kappa shape index (κ1) is 14.0. The molecule has 3 heterocycles. The first-order chi connectivity index (χ1) is 10.3. The van der Waals surface area contributed by atoms with E-state index < -0.39 is 6.09 Å². The van der Waals surface area contributed by atoms with Crippen LogP contribution in [0.1, 0.15) is 18.5 Å². The molecule has 8 heteroatoms. The van der Waals surface area contributed by atoms with Gasteiger partial charge >= 0.3 is 6.09 Å². The lowest BCUT2D eigenvalue weighted by Gasteiger charge is -2.22. The fraction of sp³-hybridized carbons (Fsp3) is 0.462. The van der Waals surface area contributed by atoms with Crippen molar-refractivity contribution in [3.05, 3.63) is 28.7 Å². The first-order valence-corrected chi connectivity index (χ1v) is 7.71. The van der Waals surface area contributed by atoms with E-state index in [1.54, 1.807) is 22.2 Å². The second kappa shape index (κ2) is 6.68. The molecule has 0 aliphatic carbocycles. The Morgan fingerprint density at radius 3 is 3.14 bits per heavy atom. The number of alkyl carbamates (subject to hydrolysis) is 1. The summed E-state index contributed by atoms with van der Waals surface area (Å²) in [4.78, 5) is 11.7. The van der Waals surface area contributed by atoms with Crippen LogP contribution in [0.4, 0.5) is 4.79 Å². The zero-order valence-electron chi connectivity index (χ0n) is 11.4. The highest BCUT2D eigenvalue weighted by Crippen LogP contribution is 2.12. The summed E-state index contributed by atoms with van der Waals surface area (Å²) in [6.45, 7) is 1.59. The number of carbonyl (C=O) groups is 1. The number of thiophene rings is 1. The third-order valence-electron chi connectivity index (χ3n) is 3.17. The molecule has 21 heavy (non-hydrogen) atoms. The van der Waals surface area contributed by atoms with E-state index in [0.717, 1.165) is 18.5 Å². The molecule has 0 saturated carbocycles. The van der Waals surface area contributed by atoms with Gasteiger partial charge in [0, 0.05) is 18.2 Å². The third-order valence-corrected chi connectivity index (χ3v) is 3.84. The summed E-state index contributed by atoms with van der Waals surface area (Å²) in [5.41, 5.74) is 1.65. The summed E-state index contributed by atoms with van der Waals surface area (Å²) in [5.74, 6) is 0. The van der Waals surface area contributed by atoms with Crippen molar-refractivity contribution in [1.82, 2.24) is 20.3 Å². The summed E-state index contributed by atoms with van der Waals surface area (Å²) in [6.07, 6.45) is 2.81. The van der Waals surface area contributed by atoms with Crippen LogP contribution in [0.3, 0.4) is 0 Å². The fourth-order valence-corrected chi connectivity index (χ4v) is 2.67. The smallest absolute Gasteiger partial charge is 0.407 e. The molecule has 1 saturated heterocycles. The predicted octanol–water partition coefficient (Wildman–Crippen LogP) is 1.73. The SMILES string of the molecule is O=C(NCc1cn(-c2ccsc2)nn1)OC1CCOCC1. The molecular weight excluding hydrogens is 292 g/mol. The average molecular weight is 308 g/mol. The number of aromatic nitrogens is 3. The molecular formula is C13H16N4O3S. The Hall–Kier alpha value is -1.93. The molecule has 0 aromatic carbocycles. The number of nitrogens with one attached hydrogen (secondary N) is 1. The molecule has 2 aromatic rings. The van der Waals surface area contributed by atoms with Crippen molar-refractivity contribution in [1.29, 1.82) is 0 Å². The molecule has 1 amide bonds. The maximum Gasteiger partial charge on any atom is 0.407 e. The van der Waals surface area contributed by atoms with Gasteiger partial charge in [0.25, 0.3) is 0 Å². The number of nitrogens with zero attached hydrogens (tertiary/aromatic N) is 3. The molecule has 0 atom stereocenters. The van der Waals surface area contributed by atoms with Crippen molar-refractivity contribution >= 4 is 17.4 Å². The largest absolute Gasteiger partial charge is 0.446 e. The molecule has 3 rings (SSSR count). The fourth-order valence-electron chi connectivity index (χ4n) is 2.04. The number of carbonyl (C=O) groups excluding carboxylic acids is 1. The van der Waals surface area contributed by atoms with Crippen LogP contribution in [-0.4, -0.2) is 40.4 Å². The number of ether oxygens (including phenoxy) is 2. The lowest BCUT2D eigenvalue weighted by molar-refractivity contribution is 0.00149. The van der Waals surface area contributed by atoms with E-state index in [2.05, 4.69) is 15.6 Å². The number of amides is 1. The van der Waals surface area contributed by atoms with E-state index >= 15 is 0 Å². The van der Waals surface area contributed by atoms with Gasteiger partial charge in [-0.3, -0.25) is 0 Å². The highest BCUT2D eigenvalue weighted by atomic mass is 32.1. The predicted molar refractivity (Wildman–Crippen MR) is 76.4 cm³/mol. The van der Waals surface area contributed by atoms with Crippen LogP contribution in [0.2, 0.25) is 0 Å². The summed E-state index contributed by atoms with van der Waals surface area (Å²) >= 11 is 1.59. The lowest BCUT2D eigenvalue weighted by Crippen LogP contribution is -2.32. The highest BCUT2D eigenvalue weighted by Gasteiger charge is 2.18. The number of hydrogen-bond donors (Lipinski definition) is 1. The second-order valence-electron chi connectivity index (χ2n) is 4.71. The van der Waals surface area contributed by atoms with Crippen molar-refractivity contribution in [2.24, 2.45) is 0 Å². The molecule has 1 aliphatic heterocycles. The summed E-state index contributed by atoms with van der Waals surface area (Å²) in [6, 6.07) is 1.95. The van der Waals surface area contributed by atoms with Crippen LogP contribution in [0, 0.1) is 0 Å². The molecule has 0 unspecified atom stereocenters. The van der Waals surface area contributed by atoms with Gasteiger partial charge < -0.3 is 14.8 Å². The van der Waals surface area contributed by atoms with Crippen LogP contribution in [0.5, 0.6) is 0 Å². The topological polar surface area (TPSA) is 78.3 Å².